The van der Waals surface area contributed by atoms with Gasteiger partial charge in [-0.1, -0.05) is 140 Å². The smallest absolute Gasteiger partial charge is 0.159 e. The normalized spacial score (nSPS) is 15.6. The van der Waals surface area contributed by atoms with E-state index in [-0.39, 0.29) is 0 Å². The molecule has 6 heteroatoms. The summed E-state index contributed by atoms with van der Waals surface area (Å²) in [6.07, 6.45) is 6.69. The van der Waals surface area contributed by atoms with Crippen LogP contribution in [0, 0.1) is 0 Å². The molecule has 0 bridgehead atoms. The van der Waals surface area contributed by atoms with E-state index in [1.165, 1.54) is 21.9 Å². The fraction of sp³-hybridized carbons (Fsp3) is 0.0400. The van der Waals surface area contributed by atoms with E-state index in [1.54, 1.807) is 0 Å². The Morgan fingerprint density at radius 3 is 2.25 bits per heavy atom. The third-order valence-corrected chi connectivity index (χ3v) is 11.3. The van der Waals surface area contributed by atoms with Gasteiger partial charge in [0.25, 0.3) is 0 Å². The monoisotopic (exact) mass is 720 g/mol. The van der Waals surface area contributed by atoms with Crippen LogP contribution in [0.4, 0.5) is 0 Å². The van der Waals surface area contributed by atoms with Crippen molar-refractivity contribution in [3.8, 4) is 16.8 Å². The molecule has 10 aromatic rings. The highest BCUT2D eigenvalue weighted by molar-refractivity contribution is 6.23. The van der Waals surface area contributed by atoms with Gasteiger partial charge in [0.2, 0.25) is 0 Å². The Morgan fingerprint density at radius 1 is 0.589 bits per heavy atom. The Morgan fingerprint density at radius 2 is 1.34 bits per heavy atom. The number of hydrogen-bond acceptors (Lipinski definition) is 5. The maximum Gasteiger partial charge on any atom is 0.159 e. The lowest BCUT2D eigenvalue weighted by Gasteiger charge is -2.24. The first-order chi connectivity index (χ1) is 27.8. The summed E-state index contributed by atoms with van der Waals surface area (Å²) in [5, 5.41) is 10.3. The number of nitrogens with one attached hydrogen (secondary N) is 1. The predicted molar refractivity (Wildman–Crippen MR) is 229 cm³/mol. The minimum Gasteiger partial charge on any atom is -0.456 e. The van der Waals surface area contributed by atoms with Crippen molar-refractivity contribution < 1.29 is 8.83 Å². The highest BCUT2D eigenvalue weighted by Gasteiger charge is 2.28. The molecule has 56 heavy (non-hydrogen) atoms. The molecular formula is C50H32N4O2. The number of hydrogen-bond donors (Lipinski definition) is 1. The molecule has 6 nitrogen and oxygen atoms in total. The Kier molecular flexibility index (Phi) is 6.65. The average molecular weight is 721 g/mol. The fourth-order valence-corrected chi connectivity index (χ4v) is 8.74. The molecule has 2 aliphatic rings. The highest BCUT2D eigenvalue weighted by atomic mass is 16.3. The number of aromatic nitrogens is 1. The molecule has 1 N–H and O–H groups in total. The van der Waals surface area contributed by atoms with Crippen LogP contribution in [0.15, 0.2) is 194 Å². The molecule has 0 fully saturated rings. The molecule has 0 amide bonds. The summed E-state index contributed by atoms with van der Waals surface area (Å²) in [6.45, 7) is 0. The molecule has 1 atom stereocenters. The van der Waals surface area contributed by atoms with E-state index in [0.29, 0.717) is 5.84 Å². The predicted octanol–water partition coefficient (Wildman–Crippen LogP) is 12.6. The second-order valence-electron chi connectivity index (χ2n) is 14.5. The van der Waals surface area contributed by atoms with Crippen molar-refractivity contribution in [2.75, 3.05) is 0 Å². The molecule has 4 heterocycles. The third-order valence-electron chi connectivity index (χ3n) is 11.3. The van der Waals surface area contributed by atoms with E-state index in [9.17, 15) is 0 Å². The topological polar surface area (TPSA) is 68.0 Å². The number of rotatable bonds is 5. The van der Waals surface area contributed by atoms with Gasteiger partial charge in [0.05, 0.1) is 16.7 Å². The molecule has 0 saturated heterocycles. The molecule has 0 saturated carbocycles. The molecule has 0 radical (unpaired) electrons. The second kappa shape index (κ2) is 12.0. The van der Waals surface area contributed by atoms with E-state index in [2.05, 4.69) is 156 Å². The highest BCUT2D eigenvalue weighted by Crippen LogP contribution is 2.41. The summed E-state index contributed by atoms with van der Waals surface area (Å²) >= 11 is 0. The molecule has 1 unspecified atom stereocenters. The van der Waals surface area contributed by atoms with Gasteiger partial charge in [-0.2, -0.15) is 0 Å². The molecule has 264 valence electrons. The Labute approximate surface area is 321 Å². The lowest BCUT2D eigenvalue weighted by molar-refractivity contribution is 0.628. The van der Waals surface area contributed by atoms with Crippen LogP contribution in [-0.4, -0.2) is 16.2 Å². The van der Waals surface area contributed by atoms with Gasteiger partial charge in [-0.25, -0.2) is 9.98 Å². The fourth-order valence-electron chi connectivity index (χ4n) is 8.74. The van der Waals surface area contributed by atoms with E-state index in [0.717, 1.165) is 89.6 Å². The number of benzene rings is 7. The van der Waals surface area contributed by atoms with Crippen molar-refractivity contribution >= 4 is 77.4 Å². The molecule has 1 aliphatic carbocycles. The van der Waals surface area contributed by atoms with Crippen molar-refractivity contribution in [1.29, 1.82) is 0 Å². The van der Waals surface area contributed by atoms with Crippen LogP contribution in [0.2, 0.25) is 0 Å². The minimum absolute atomic E-state index is 0.427. The number of allylic oxidation sites excluding steroid dienone is 3. The average Bonchev–Trinajstić information content (AvgIpc) is 4.07. The summed E-state index contributed by atoms with van der Waals surface area (Å²) in [5.74, 6) is 1.45. The minimum atomic E-state index is -0.427. The summed E-state index contributed by atoms with van der Waals surface area (Å²) in [4.78, 5) is 10.4. The van der Waals surface area contributed by atoms with Gasteiger partial charge in [-0.15, -0.1) is 0 Å². The number of para-hydroxylation sites is 4. The van der Waals surface area contributed by atoms with Crippen LogP contribution >= 0.6 is 0 Å². The van der Waals surface area contributed by atoms with E-state index < -0.39 is 6.17 Å². The van der Waals surface area contributed by atoms with Gasteiger partial charge < -0.3 is 18.7 Å². The summed E-state index contributed by atoms with van der Waals surface area (Å²) in [6, 6.07) is 53.1. The maximum atomic E-state index is 6.91. The van der Waals surface area contributed by atoms with Crippen LogP contribution < -0.4 is 5.32 Å². The first-order valence-electron chi connectivity index (χ1n) is 19.0. The van der Waals surface area contributed by atoms with Crippen molar-refractivity contribution in [3.05, 3.63) is 187 Å². The number of furan rings is 2. The maximum absolute atomic E-state index is 6.91. The van der Waals surface area contributed by atoms with Gasteiger partial charge in [-0.3, -0.25) is 0 Å². The Hall–Kier alpha value is -7.44. The summed E-state index contributed by atoms with van der Waals surface area (Å²) < 4.78 is 15.8. The second-order valence-corrected chi connectivity index (χ2v) is 14.5. The zero-order valence-corrected chi connectivity index (χ0v) is 30.1. The van der Waals surface area contributed by atoms with Crippen molar-refractivity contribution in [3.63, 3.8) is 0 Å². The molecular weight excluding hydrogens is 689 g/mol. The van der Waals surface area contributed by atoms with E-state index >= 15 is 0 Å². The molecule has 0 spiro atoms. The first kappa shape index (κ1) is 31.0. The lowest BCUT2D eigenvalue weighted by atomic mass is 10.0. The number of nitrogens with zero attached hydrogens (tertiary/aromatic N) is 3. The van der Waals surface area contributed by atoms with Crippen LogP contribution in [0.3, 0.4) is 0 Å². The van der Waals surface area contributed by atoms with Gasteiger partial charge in [0, 0.05) is 49.0 Å². The first-order valence-corrected chi connectivity index (χ1v) is 19.0. The SMILES string of the molecule is C1=CCC(C2=NC(c3cccc4c3oc3ccccc34)NC(c3cccc4oc5c(-n6c7ccccc7c7ccc(-c8ccccc8)cc76)cccc5c34)=N2)=C1. The van der Waals surface area contributed by atoms with Gasteiger partial charge >= 0.3 is 0 Å². The zero-order valence-electron chi connectivity index (χ0n) is 30.1. The Bertz CT molecular complexity index is 3370. The standard InChI is InChI=1S/C50H32N4O2/c1-2-13-30(14-3-1)32-27-28-34-33-17-6-8-23-40(33)54(42(34)29-32)41-24-11-20-37-45-38(21-12-26-44(45)56-47(37)41)49-51-48(31-15-4-5-16-31)52-50(53-49)39-22-10-19-36-35-18-7-9-25-43(35)55-46(36)39/h1-15,17-29,50H,16H2,(H,51,52,53). The third kappa shape index (κ3) is 4.62. The largest absolute Gasteiger partial charge is 0.456 e. The van der Waals surface area contributed by atoms with Gasteiger partial charge in [0.15, 0.2) is 17.6 Å². The number of aliphatic imine (C=N–C) groups is 2. The van der Waals surface area contributed by atoms with Crippen LogP contribution in [0.5, 0.6) is 0 Å². The lowest BCUT2D eigenvalue weighted by Crippen LogP contribution is -2.33. The number of amidine groups is 2. The number of fused-ring (bicyclic) bond motifs is 9. The van der Waals surface area contributed by atoms with Crippen LogP contribution in [0.1, 0.15) is 23.7 Å². The molecule has 3 aromatic heterocycles. The van der Waals surface area contributed by atoms with Crippen molar-refractivity contribution in [2.45, 2.75) is 12.6 Å². The molecule has 12 rings (SSSR count). The van der Waals surface area contributed by atoms with E-state index in [1.807, 2.05) is 24.3 Å². The Balaban J connectivity index is 1.05. The zero-order chi connectivity index (χ0) is 36.7. The van der Waals surface area contributed by atoms with Crippen LogP contribution in [0.25, 0.3) is 82.5 Å². The summed E-state index contributed by atoms with van der Waals surface area (Å²) in [7, 11) is 0. The van der Waals surface area contributed by atoms with Crippen molar-refractivity contribution in [2.24, 2.45) is 9.98 Å². The summed E-state index contributed by atoms with van der Waals surface area (Å²) in [5.41, 5.74) is 11.9. The van der Waals surface area contributed by atoms with E-state index in [4.69, 9.17) is 18.8 Å². The van der Waals surface area contributed by atoms with Crippen molar-refractivity contribution in [1.82, 2.24) is 9.88 Å². The van der Waals surface area contributed by atoms with Gasteiger partial charge in [0.1, 0.15) is 22.6 Å². The molecule has 1 aliphatic heterocycles. The quantitative estimate of drug-likeness (QED) is 0.192. The molecule has 7 aromatic carbocycles. The van der Waals surface area contributed by atoms with Gasteiger partial charge in [-0.05, 0) is 47.9 Å². The van der Waals surface area contributed by atoms with Crippen LogP contribution in [-0.2, 0) is 0 Å².